The minimum absolute atomic E-state index is 0. The average molecular weight is 394 g/mol. The van der Waals surface area contributed by atoms with Gasteiger partial charge >= 0.3 is 0 Å². The Morgan fingerprint density at radius 2 is 1.44 bits per heavy atom. The van der Waals surface area contributed by atoms with Crippen molar-refractivity contribution in [2.45, 2.75) is 45.4 Å². The van der Waals surface area contributed by atoms with E-state index in [4.69, 9.17) is 0 Å². The molecular formula is C15H21Ir-. The van der Waals surface area contributed by atoms with Crippen molar-refractivity contribution in [3.05, 3.63) is 48.1 Å². The van der Waals surface area contributed by atoms with E-state index >= 15 is 0 Å². The van der Waals surface area contributed by atoms with Crippen LogP contribution in [0.1, 0.15) is 45.4 Å². The molecule has 0 amide bonds. The molecule has 2 aliphatic carbocycles. The maximum Gasteiger partial charge on any atom is 0 e. The second kappa shape index (κ2) is 11.1. The van der Waals surface area contributed by atoms with E-state index in [9.17, 15) is 0 Å². The van der Waals surface area contributed by atoms with Crippen LogP contribution in [0.5, 0.6) is 0 Å². The van der Waals surface area contributed by atoms with Gasteiger partial charge in [0.2, 0.25) is 0 Å². The maximum atomic E-state index is 3.21. The zero-order valence-corrected chi connectivity index (χ0v) is 12.4. The molecule has 91 valence electrons. The van der Waals surface area contributed by atoms with Crippen LogP contribution in [-0.2, 0) is 20.1 Å². The van der Waals surface area contributed by atoms with Crippen LogP contribution in [0.2, 0.25) is 0 Å². The third-order valence-electron chi connectivity index (χ3n) is 2.48. The van der Waals surface area contributed by atoms with Gasteiger partial charge in [0.25, 0.3) is 0 Å². The zero-order chi connectivity index (χ0) is 10.8. The molecule has 0 aromatic carbocycles. The van der Waals surface area contributed by atoms with E-state index < -0.39 is 0 Å². The maximum absolute atomic E-state index is 3.21. The first-order chi connectivity index (χ1) is 7.43. The van der Waals surface area contributed by atoms with Gasteiger partial charge in [0.15, 0.2) is 0 Å². The van der Waals surface area contributed by atoms with Crippen molar-refractivity contribution in [3.8, 4) is 0 Å². The molecule has 0 aromatic heterocycles. The van der Waals surface area contributed by atoms with Gasteiger partial charge in [-0.05, 0) is 25.7 Å². The molecule has 2 aliphatic rings. The molecule has 0 bridgehead atoms. The van der Waals surface area contributed by atoms with Gasteiger partial charge in [-0.2, -0.15) is 6.08 Å². The van der Waals surface area contributed by atoms with Crippen molar-refractivity contribution in [3.63, 3.8) is 0 Å². The van der Waals surface area contributed by atoms with E-state index in [0.29, 0.717) is 0 Å². The van der Waals surface area contributed by atoms with Gasteiger partial charge < -0.3 is 0 Å². The molecule has 1 heteroatoms. The van der Waals surface area contributed by atoms with Crippen molar-refractivity contribution < 1.29 is 20.1 Å². The van der Waals surface area contributed by atoms with Crippen LogP contribution in [0.3, 0.4) is 0 Å². The normalized spacial score (nSPS) is 19.7. The molecular weight excluding hydrogens is 372 g/mol. The molecule has 0 spiro atoms. The standard InChI is InChI=1S/C8H12.C7H9.Ir/c1-2-4-6-8-7-5-3-1;1-2-7-5-3-4-6-7;/h1-2,7-8H,3-6H2;3,5H,2,4H2,1H3;/q;-1;/b2-1-,8-7?;;. The van der Waals surface area contributed by atoms with Crippen LogP contribution in [0.4, 0.5) is 0 Å². The molecule has 0 saturated heterocycles. The van der Waals surface area contributed by atoms with Gasteiger partial charge in [-0.1, -0.05) is 37.6 Å². The van der Waals surface area contributed by atoms with Crippen LogP contribution >= 0.6 is 0 Å². The summed E-state index contributed by atoms with van der Waals surface area (Å²) in [5, 5.41) is 0. The van der Waals surface area contributed by atoms with Crippen molar-refractivity contribution in [1.29, 1.82) is 0 Å². The minimum atomic E-state index is 0. The van der Waals surface area contributed by atoms with Crippen LogP contribution in [0.25, 0.3) is 0 Å². The summed E-state index contributed by atoms with van der Waals surface area (Å²) >= 11 is 0. The summed E-state index contributed by atoms with van der Waals surface area (Å²) in [4.78, 5) is 0. The van der Waals surface area contributed by atoms with Crippen molar-refractivity contribution in [2.75, 3.05) is 0 Å². The SMILES string of the molecule is C1=CCC/C=C\CC1.CCC1=[C-]CC=C1.[Ir]. The smallest absolute Gasteiger partial charge is 0 e. The summed E-state index contributed by atoms with van der Waals surface area (Å²) in [6.07, 6.45) is 23.7. The van der Waals surface area contributed by atoms with Crippen molar-refractivity contribution in [2.24, 2.45) is 0 Å². The Kier molecular flexibility index (Phi) is 10.8. The Balaban J connectivity index is 0.000000267. The summed E-state index contributed by atoms with van der Waals surface area (Å²) in [6, 6.07) is 0. The van der Waals surface area contributed by atoms with E-state index in [-0.39, 0.29) is 20.1 Å². The molecule has 0 unspecified atom stereocenters. The quantitative estimate of drug-likeness (QED) is 0.445. The van der Waals surface area contributed by atoms with Crippen LogP contribution < -0.4 is 0 Å². The predicted octanol–water partition coefficient (Wildman–Crippen LogP) is 4.76. The summed E-state index contributed by atoms with van der Waals surface area (Å²) < 4.78 is 0. The van der Waals surface area contributed by atoms with Gasteiger partial charge in [-0.25, -0.2) is 11.6 Å². The second-order valence-electron chi connectivity index (χ2n) is 3.76. The summed E-state index contributed by atoms with van der Waals surface area (Å²) in [6.45, 7) is 2.15. The van der Waals surface area contributed by atoms with E-state index in [1.807, 2.05) is 0 Å². The first kappa shape index (κ1) is 15.6. The van der Waals surface area contributed by atoms with Crippen molar-refractivity contribution >= 4 is 0 Å². The van der Waals surface area contributed by atoms with Crippen LogP contribution in [-0.4, -0.2) is 0 Å². The Hall–Kier alpha value is -0.391. The van der Waals surface area contributed by atoms with Gasteiger partial charge in [-0.15, -0.1) is 6.42 Å². The fourth-order valence-corrected chi connectivity index (χ4v) is 1.55. The fourth-order valence-electron chi connectivity index (χ4n) is 1.55. The molecule has 16 heavy (non-hydrogen) atoms. The van der Waals surface area contributed by atoms with E-state index in [2.05, 4.69) is 49.5 Å². The molecule has 2 rings (SSSR count). The molecule has 1 radical (unpaired) electrons. The van der Waals surface area contributed by atoms with Crippen LogP contribution in [0.15, 0.2) is 42.0 Å². The molecule has 0 N–H and O–H groups in total. The third kappa shape index (κ3) is 7.84. The largest absolute Gasteiger partial charge is 0.270 e. The Labute approximate surface area is 114 Å². The second-order valence-corrected chi connectivity index (χ2v) is 3.76. The number of allylic oxidation sites excluding steroid dienone is 8. The summed E-state index contributed by atoms with van der Waals surface area (Å²) in [7, 11) is 0. The van der Waals surface area contributed by atoms with Gasteiger partial charge in [0.05, 0.1) is 0 Å². The van der Waals surface area contributed by atoms with E-state index in [1.54, 1.807) is 0 Å². The number of hydrogen-bond donors (Lipinski definition) is 0. The number of hydrogen-bond acceptors (Lipinski definition) is 0. The van der Waals surface area contributed by atoms with Gasteiger partial charge in [0, 0.05) is 20.1 Å². The van der Waals surface area contributed by atoms with E-state index in [0.717, 1.165) is 12.8 Å². The van der Waals surface area contributed by atoms with Gasteiger partial charge in [-0.3, -0.25) is 6.08 Å². The molecule has 0 saturated carbocycles. The first-order valence-corrected chi connectivity index (χ1v) is 5.99. The third-order valence-corrected chi connectivity index (χ3v) is 2.48. The molecule has 0 aromatic rings. The average Bonchev–Trinajstić information content (AvgIpc) is 2.69. The molecule has 0 atom stereocenters. The van der Waals surface area contributed by atoms with Gasteiger partial charge in [0.1, 0.15) is 0 Å². The molecule has 0 nitrogen and oxygen atoms in total. The Morgan fingerprint density at radius 3 is 1.69 bits per heavy atom. The zero-order valence-electron chi connectivity index (χ0n) is 10.0. The Morgan fingerprint density at radius 1 is 0.938 bits per heavy atom. The van der Waals surface area contributed by atoms with Crippen LogP contribution in [0, 0.1) is 6.08 Å². The first-order valence-electron chi connectivity index (χ1n) is 5.99. The predicted molar refractivity (Wildman–Crippen MR) is 67.6 cm³/mol. The van der Waals surface area contributed by atoms with Crippen molar-refractivity contribution in [1.82, 2.24) is 0 Å². The topological polar surface area (TPSA) is 0 Å². The fraction of sp³-hybridized carbons (Fsp3) is 0.467. The monoisotopic (exact) mass is 394 g/mol. The molecule has 0 heterocycles. The summed E-state index contributed by atoms with van der Waals surface area (Å²) in [5.74, 6) is 0. The molecule has 0 aliphatic heterocycles. The summed E-state index contributed by atoms with van der Waals surface area (Å²) in [5.41, 5.74) is 1.36. The number of rotatable bonds is 1. The molecule has 0 fully saturated rings. The Bertz CT molecular complexity index is 243. The van der Waals surface area contributed by atoms with E-state index in [1.165, 1.54) is 31.3 Å². The minimum Gasteiger partial charge on any atom is -0.270 e.